The lowest BCUT2D eigenvalue weighted by Crippen LogP contribution is -2.02. The molecule has 5 heteroatoms. The van der Waals surface area contributed by atoms with Crippen molar-refractivity contribution in [1.29, 1.82) is 0 Å². The molecular weight excluding hydrogens is 512 g/mol. The van der Waals surface area contributed by atoms with Gasteiger partial charge in [-0.1, -0.05) is 69.9 Å². The van der Waals surface area contributed by atoms with Crippen molar-refractivity contribution in [2.24, 2.45) is 0 Å². The van der Waals surface area contributed by atoms with Gasteiger partial charge in [0.1, 0.15) is 0 Å². The molecule has 0 spiro atoms. The van der Waals surface area contributed by atoms with Crippen molar-refractivity contribution in [1.82, 2.24) is 0 Å². The van der Waals surface area contributed by atoms with Gasteiger partial charge in [-0.05, 0) is 120 Å². The minimum absolute atomic E-state index is 0.280. The van der Waals surface area contributed by atoms with E-state index in [1.54, 1.807) is 0 Å². The molecule has 0 radical (unpaired) electrons. The number of allylic oxidation sites excluding steroid dienone is 12. The van der Waals surface area contributed by atoms with Gasteiger partial charge < -0.3 is 14.6 Å². The molecule has 1 rings (SSSR count). The van der Waals surface area contributed by atoms with E-state index in [4.69, 9.17) is 4.42 Å². The Bertz CT molecular complexity index is 1110. The van der Waals surface area contributed by atoms with Gasteiger partial charge in [-0.2, -0.15) is 0 Å². The summed E-state index contributed by atoms with van der Waals surface area (Å²) in [6.45, 7) is 16.8. The van der Waals surface area contributed by atoms with Crippen LogP contribution < -0.4 is 0 Å². The number of furan rings is 1. The van der Waals surface area contributed by atoms with Crippen molar-refractivity contribution in [2.45, 2.75) is 120 Å². The zero-order valence-electron chi connectivity index (χ0n) is 26.7. The van der Waals surface area contributed by atoms with E-state index >= 15 is 0 Å². The molecule has 0 saturated carbocycles. The Labute approximate surface area is 248 Å². The molecule has 2 N–H and O–H groups in total. The minimum Gasteiger partial charge on any atom is -0.475 e. The van der Waals surface area contributed by atoms with E-state index in [0.717, 1.165) is 62.5 Å². The van der Waals surface area contributed by atoms with Crippen LogP contribution in [0.5, 0.6) is 0 Å². The maximum absolute atomic E-state index is 11.9. The summed E-state index contributed by atoms with van der Waals surface area (Å²) in [5.41, 5.74) is 8.56. The zero-order chi connectivity index (χ0) is 30.9. The minimum atomic E-state index is -1.25. The second-order valence-electron chi connectivity index (χ2n) is 11.7. The van der Waals surface area contributed by atoms with E-state index in [0.29, 0.717) is 24.0 Å². The highest BCUT2D eigenvalue weighted by molar-refractivity contribution is 5.92. The van der Waals surface area contributed by atoms with Gasteiger partial charge in [0.2, 0.25) is 11.5 Å². The van der Waals surface area contributed by atoms with Gasteiger partial charge in [0, 0.05) is 11.1 Å². The molecule has 1 aromatic rings. The van der Waals surface area contributed by atoms with Crippen molar-refractivity contribution in [2.75, 3.05) is 0 Å². The summed E-state index contributed by atoms with van der Waals surface area (Å²) >= 11 is 0. The molecule has 41 heavy (non-hydrogen) atoms. The van der Waals surface area contributed by atoms with E-state index in [-0.39, 0.29) is 11.5 Å². The molecule has 0 aromatic carbocycles. The van der Waals surface area contributed by atoms with E-state index in [2.05, 4.69) is 65.8 Å². The summed E-state index contributed by atoms with van der Waals surface area (Å²) in [7, 11) is 0. The molecular formula is C36H52O5. The first-order valence-electron chi connectivity index (χ1n) is 14.8. The van der Waals surface area contributed by atoms with Gasteiger partial charge in [0.25, 0.3) is 0 Å². The largest absolute Gasteiger partial charge is 0.475 e. The Morgan fingerprint density at radius 2 is 0.805 bits per heavy atom. The second-order valence-corrected chi connectivity index (χ2v) is 11.7. The monoisotopic (exact) mass is 564 g/mol. The standard InChI is InChI=1S/C36H52O5/c1-25(2)13-9-15-27(5)17-11-19-29(7)21-23-31-32(34(36(39)40)41-33(31)35(37)38)24-22-30(8)20-12-18-28(6)16-10-14-26(3)4/h13-14,17-18,21-22H,9-12,15-16,19-20,23-24H2,1-8H3,(H,37,38)(H,39,40). The maximum atomic E-state index is 11.9. The molecule has 0 atom stereocenters. The Morgan fingerprint density at radius 3 is 1.10 bits per heavy atom. The number of hydrogen-bond acceptors (Lipinski definition) is 3. The third-order valence-corrected chi connectivity index (χ3v) is 7.06. The lowest BCUT2D eigenvalue weighted by Gasteiger charge is -2.05. The molecule has 0 aliphatic rings. The van der Waals surface area contributed by atoms with Crippen LogP contribution >= 0.6 is 0 Å². The molecule has 226 valence electrons. The number of hydrogen-bond donors (Lipinski definition) is 2. The smallest absolute Gasteiger partial charge is 0.372 e. The van der Waals surface area contributed by atoms with Crippen LogP contribution in [0.2, 0.25) is 0 Å². The average molecular weight is 565 g/mol. The maximum Gasteiger partial charge on any atom is 0.372 e. The van der Waals surface area contributed by atoms with Crippen molar-refractivity contribution >= 4 is 11.9 Å². The van der Waals surface area contributed by atoms with Gasteiger partial charge in [0.15, 0.2) is 0 Å². The van der Waals surface area contributed by atoms with Crippen LogP contribution in [0.25, 0.3) is 0 Å². The molecule has 0 aliphatic heterocycles. The first-order valence-corrected chi connectivity index (χ1v) is 14.8. The Hall–Kier alpha value is -3.34. The second kappa shape index (κ2) is 18.9. The van der Waals surface area contributed by atoms with Gasteiger partial charge >= 0.3 is 11.9 Å². The topological polar surface area (TPSA) is 87.7 Å². The molecule has 5 nitrogen and oxygen atoms in total. The molecule has 0 aliphatic carbocycles. The van der Waals surface area contributed by atoms with E-state index in [9.17, 15) is 19.8 Å². The Morgan fingerprint density at radius 1 is 0.512 bits per heavy atom. The number of carbonyl (C=O) groups is 2. The van der Waals surface area contributed by atoms with Gasteiger partial charge in [-0.25, -0.2) is 9.59 Å². The summed E-state index contributed by atoms with van der Waals surface area (Å²) in [5, 5.41) is 19.5. The van der Waals surface area contributed by atoms with Crippen molar-refractivity contribution in [3.63, 3.8) is 0 Å². The SMILES string of the molecule is CC(C)=CCCC(C)=CCCC(C)=CCc1c(C(=O)O)oc(C(=O)O)c1CC=C(C)CCC=C(C)CCC=C(C)C. The number of carboxylic acid groups (broad SMARTS) is 2. The number of rotatable bonds is 18. The quantitative estimate of drug-likeness (QED) is 0.173. The summed E-state index contributed by atoms with van der Waals surface area (Å²) in [5.74, 6) is -3.05. The molecule has 1 aromatic heterocycles. The highest BCUT2D eigenvalue weighted by Crippen LogP contribution is 2.27. The van der Waals surface area contributed by atoms with Crippen molar-refractivity contribution in [3.8, 4) is 0 Å². The third kappa shape index (κ3) is 14.7. The van der Waals surface area contributed by atoms with Gasteiger partial charge in [-0.3, -0.25) is 0 Å². The van der Waals surface area contributed by atoms with E-state index in [1.165, 1.54) is 22.3 Å². The van der Waals surface area contributed by atoms with Crippen molar-refractivity contribution < 1.29 is 24.2 Å². The van der Waals surface area contributed by atoms with E-state index in [1.807, 2.05) is 26.0 Å². The molecule has 0 amide bonds. The summed E-state index contributed by atoms with van der Waals surface area (Å²) in [6, 6.07) is 0. The summed E-state index contributed by atoms with van der Waals surface area (Å²) in [6.07, 6.45) is 21.4. The first-order chi connectivity index (χ1) is 19.3. The van der Waals surface area contributed by atoms with Crippen LogP contribution in [0.1, 0.15) is 139 Å². The van der Waals surface area contributed by atoms with Crippen LogP contribution in [0.4, 0.5) is 0 Å². The fourth-order valence-corrected chi connectivity index (χ4v) is 4.51. The zero-order valence-corrected chi connectivity index (χ0v) is 26.7. The summed E-state index contributed by atoms with van der Waals surface area (Å²) in [4.78, 5) is 23.9. The fraction of sp³-hybridized carbons (Fsp3) is 0.500. The Kier molecular flexibility index (Phi) is 16.5. The van der Waals surface area contributed by atoms with Crippen LogP contribution in [-0.4, -0.2) is 22.2 Å². The lowest BCUT2D eigenvalue weighted by molar-refractivity contribution is 0.0630. The number of aromatic carboxylic acids is 2. The van der Waals surface area contributed by atoms with Crippen LogP contribution in [0.3, 0.4) is 0 Å². The molecule has 0 unspecified atom stereocenters. The lowest BCUT2D eigenvalue weighted by atomic mass is 9.98. The molecule has 0 bridgehead atoms. The Balaban J connectivity index is 2.97. The fourth-order valence-electron chi connectivity index (χ4n) is 4.51. The highest BCUT2D eigenvalue weighted by atomic mass is 16.4. The highest BCUT2D eigenvalue weighted by Gasteiger charge is 2.27. The normalized spacial score (nSPS) is 12.9. The third-order valence-electron chi connectivity index (χ3n) is 7.06. The van der Waals surface area contributed by atoms with Crippen LogP contribution in [0.15, 0.2) is 74.3 Å². The summed E-state index contributed by atoms with van der Waals surface area (Å²) < 4.78 is 5.38. The van der Waals surface area contributed by atoms with Gasteiger partial charge in [0.05, 0.1) is 0 Å². The molecule has 1 heterocycles. The average Bonchev–Trinajstić information content (AvgIpc) is 3.25. The van der Waals surface area contributed by atoms with E-state index < -0.39 is 11.9 Å². The van der Waals surface area contributed by atoms with Gasteiger partial charge in [-0.15, -0.1) is 0 Å². The first kappa shape index (κ1) is 35.7. The predicted octanol–water partition coefficient (Wildman–Crippen LogP) is 10.6. The molecule has 0 fully saturated rings. The van der Waals surface area contributed by atoms with Crippen molar-refractivity contribution in [3.05, 3.63) is 92.5 Å². The predicted molar refractivity (Wildman–Crippen MR) is 171 cm³/mol. The number of carboxylic acids is 2. The van der Waals surface area contributed by atoms with Crippen LogP contribution in [-0.2, 0) is 12.8 Å². The molecule has 0 saturated heterocycles. The van der Waals surface area contributed by atoms with Crippen LogP contribution in [0, 0.1) is 0 Å².